The molecule has 0 saturated carbocycles. The SMILES string of the molecule is CCOc1cc(NNC(=O)[C@@H]2CC(=O)N(c3ccc(Cl)cc3)C2)ccc1OCc1ccc(Cl)cc1. The molecular formula is C26H25Cl2N3O4. The van der Waals surface area contributed by atoms with Crippen LogP contribution in [-0.2, 0) is 16.2 Å². The van der Waals surface area contributed by atoms with Gasteiger partial charge in [-0.05, 0) is 61.0 Å². The Labute approximate surface area is 213 Å². The van der Waals surface area contributed by atoms with E-state index in [1.54, 1.807) is 47.4 Å². The van der Waals surface area contributed by atoms with Crippen LogP contribution in [0, 0.1) is 5.92 Å². The highest BCUT2D eigenvalue weighted by molar-refractivity contribution is 6.30. The van der Waals surface area contributed by atoms with Crippen LogP contribution >= 0.6 is 23.2 Å². The minimum Gasteiger partial charge on any atom is -0.490 e. The Morgan fingerprint density at radius 1 is 0.971 bits per heavy atom. The number of rotatable bonds is 9. The molecule has 0 bridgehead atoms. The monoisotopic (exact) mass is 513 g/mol. The number of nitrogens with zero attached hydrogens (tertiary/aromatic N) is 1. The molecule has 1 saturated heterocycles. The van der Waals surface area contributed by atoms with Gasteiger partial charge in [-0.25, -0.2) is 0 Å². The summed E-state index contributed by atoms with van der Waals surface area (Å²) in [7, 11) is 0. The summed E-state index contributed by atoms with van der Waals surface area (Å²) in [6.07, 6.45) is 0.137. The molecule has 1 aliphatic rings. The predicted octanol–water partition coefficient (Wildman–Crippen LogP) is 5.47. The summed E-state index contributed by atoms with van der Waals surface area (Å²) >= 11 is 11.9. The van der Waals surface area contributed by atoms with Gasteiger partial charge in [0.05, 0.1) is 18.2 Å². The third kappa shape index (κ3) is 6.38. The topological polar surface area (TPSA) is 79.9 Å². The molecule has 0 aliphatic carbocycles. The number of carbonyl (C=O) groups excluding carboxylic acids is 2. The largest absolute Gasteiger partial charge is 0.490 e. The van der Waals surface area contributed by atoms with E-state index in [1.807, 2.05) is 31.2 Å². The molecule has 182 valence electrons. The van der Waals surface area contributed by atoms with Gasteiger partial charge in [0.2, 0.25) is 11.8 Å². The first-order chi connectivity index (χ1) is 16.9. The molecule has 0 radical (unpaired) electrons. The van der Waals surface area contributed by atoms with E-state index < -0.39 is 5.92 Å². The molecule has 0 aromatic heterocycles. The van der Waals surface area contributed by atoms with Crippen molar-refractivity contribution in [3.8, 4) is 11.5 Å². The standard InChI is InChI=1S/C26H25Cl2N3O4/c1-2-34-24-14-21(9-12-23(24)35-16-17-3-5-19(27)6-4-17)29-30-26(33)18-13-25(32)31(15-18)22-10-7-20(28)8-11-22/h3-12,14,18,29H,2,13,15-16H2,1H3,(H,30,33)/t18-/m1/s1. The van der Waals surface area contributed by atoms with Crippen molar-refractivity contribution in [2.45, 2.75) is 20.0 Å². The van der Waals surface area contributed by atoms with E-state index in [-0.39, 0.29) is 18.2 Å². The van der Waals surface area contributed by atoms with Crippen LogP contribution in [0.25, 0.3) is 0 Å². The first kappa shape index (κ1) is 24.7. The number of benzene rings is 3. The molecule has 1 heterocycles. The van der Waals surface area contributed by atoms with Crippen molar-refractivity contribution < 1.29 is 19.1 Å². The van der Waals surface area contributed by atoms with E-state index >= 15 is 0 Å². The second kappa shape index (κ2) is 11.3. The Balaban J connectivity index is 1.35. The number of nitrogens with one attached hydrogen (secondary N) is 2. The maximum Gasteiger partial charge on any atom is 0.243 e. The van der Waals surface area contributed by atoms with Crippen LogP contribution in [0.2, 0.25) is 10.0 Å². The zero-order chi connectivity index (χ0) is 24.8. The van der Waals surface area contributed by atoms with Crippen LogP contribution in [0.1, 0.15) is 18.9 Å². The van der Waals surface area contributed by atoms with E-state index in [0.29, 0.717) is 47.0 Å². The van der Waals surface area contributed by atoms with Crippen molar-refractivity contribution in [1.29, 1.82) is 0 Å². The zero-order valence-corrected chi connectivity index (χ0v) is 20.6. The molecule has 35 heavy (non-hydrogen) atoms. The number of hydrogen-bond acceptors (Lipinski definition) is 5. The van der Waals surface area contributed by atoms with Crippen LogP contribution in [0.4, 0.5) is 11.4 Å². The van der Waals surface area contributed by atoms with Gasteiger partial charge in [-0.15, -0.1) is 0 Å². The number of anilines is 2. The molecule has 0 unspecified atom stereocenters. The Hall–Kier alpha value is -3.42. The minimum atomic E-state index is -0.473. The zero-order valence-electron chi connectivity index (χ0n) is 19.1. The van der Waals surface area contributed by atoms with Crippen LogP contribution in [-0.4, -0.2) is 25.0 Å². The lowest BCUT2D eigenvalue weighted by Crippen LogP contribution is -2.36. The van der Waals surface area contributed by atoms with E-state index in [9.17, 15) is 9.59 Å². The molecule has 1 fully saturated rings. The number of amides is 2. The number of hydrogen-bond donors (Lipinski definition) is 2. The minimum absolute atomic E-state index is 0.103. The van der Waals surface area contributed by atoms with Crippen LogP contribution in [0.5, 0.6) is 11.5 Å². The molecule has 3 aromatic rings. The van der Waals surface area contributed by atoms with Crippen molar-refractivity contribution in [2.75, 3.05) is 23.5 Å². The fraction of sp³-hybridized carbons (Fsp3) is 0.231. The highest BCUT2D eigenvalue weighted by atomic mass is 35.5. The summed E-state index contributed by atoms with van der Waals surface area (Å²) in [5, 5.41) is 1.26. The van der Waals surface area contributed by atoms with Crippen molar-refractivity contribution in [2.24, 2.45) is 5.92 Å². The van der Waals surface area contributed by atoms with Gasteiger partial charge in [0, 0.05) is 34.8 Å². The smallest absolute Gasteiger partial charge is 0.243 e. The number of carbonyl (C=O) groups is 2. The first-order valence-corrected chi connectivity index (χ1v) is 11.9. The van der Waals surface area contributed by atoms with Gasteiger partial charge >= 0.3 is 0 Å². The molecular weight excluding hydrogens is 489 g/mol. The van der Waals surface area contributed by atoms with Gasteiger partial charge in [0.25, 0.3) is 0 Å². The van der Waals surface area contributed by atoms with Gasteiger partial charge in [-0.1, -0.05) is 35.3 Å². The van der Waals surface area contributed by atoms with Crippen LogP contribution in [0.3, 0.4) is 0 Å². The molecule has 9 heteroatoms. The highest BCUT2D eigenvalue weighted by Gasteiger charge is 2.35. The van der Waals surface area contributed by atoms with E-state index in [1.165, 1.54) is 0 Å². The third-order valence-corrected chi connectivity index (χ3v) is 6.02. The number of hydrazine groups is 1. The average molecular weight is 514 g/mol. The average Bonchev–Trinajstić information content (AvgIpc) is 3.25. The Morgan fingerprint density at radius 2 is 1.66 bits per heavy atom. The van der Waals surface area contributed by atoms with Crippen LogP contribution in [0.15, 0.2) is 66.7 Å². The molecule has 1 atom stereocenters. The maximum atomic E-state index is 12.7. The first-order valence-electron chi connectivity index (χ1n) is 11.2. The fourth-order valence-corrected chi connectivity index (χ4v) is 3.96. The number of ether oxygens (including phenoxy) is 2. The summed E-state index contributed by atoms with van der Waals surface area (Å²) in [5.41, 5.74) is 7.93. The lowest BCUT2D eigenvalue weighted by atomic mass is 10.1. The summed E-state index contributed by atoms with van der Waals surface area (Å²) in [6, 6.07) is 19.7. The number of halogens is 2. The lowest BCUT2D eigenvalue weighted by molar-refractivity contribution is -0.125. The van der Waals surface area contributed by atoms with Crippen LogP contribution < -0.4 is 25.2 Å². The van der Waals surface area contributed by atoms with Gasteiger partial charge in [-0.3, -0.25) is 20.4 Å². The van der Waals surface area contributed by atoms with Crippen molar-refractivity contribution >= 4 is 46.4 Å². The predicted molar refractivity (Wildman–Crippen MR) is 137 cm³/mol. The van der Waals surface area contributed by atoms with Gasteiger partial charge in [0.1, 0.15) is 6.61 Å². The molecule has 7 nitrogen and oxygen atoms in total. The molecule has 1 aliphatic heterocycles. The highest BCUT2D eigenvalue weighted by Crippen LogP contribution is 2.31. The molecule has 3 aromatic carbocycles. The Bertz CT molecular complexity index is 1190. The molecule has 0 spiro atoms. The second-order valence-corrected chi connectivity index (χ2v) is 8.88. The van der Waals surface area contributed by atoms with Gasteiger partial charge < -0.3 is 14.4 Å². The van der Waals surface area contributed by atoms with E-state index in [0.717, 1.165) is 11.3 Å². The molecule has 2 amide bonds. The summed E-state index contributed by atoms with van der Waals surface area (Å²) in [5.74, 6) is 0.285. The van der Waals surface area contributed by atoms with Gasteiger partial charge in [-0.2, -0.15) is 0 Å². The normalized spacial score (nSPS) is 15.1. The van der Waals surface area contributed by atoms with Gasteiger partial charge in [0.15, 0.2) is 11.5 Å². The van der Waals surface area contributed by atoms with Crippen molar-refractivity contribution in [3.05, 3.63) is 82.3 Å². The van der Waals surface area contributed by atoms with Crippen molar-refractivity contribution in [3.63, 3.8) is 0 Å². The quantitative estimate of drug-likeness (QED) is 0.371. The fourth-order valence-electron chi connectivity index (χ4n) is 3.70. The lowest BCUT2D eigenvalue weighted by Gasteiger charge is -2.17. The Morgan fingerprint density at radius 3 is 2.34 bits per heavy atom. The Kier molecular flexibility index (Phi) is 8.00. The summed E-state index contributed by atoms with van der Waals surface area (Å²) in [6.45, 7) is 3.00. The molecule has 2 N–H and O–H groups in total. The van der Waals surface area contributed by atoms with E-state index in [4.69, 9.17) is 32.7 Å². The maximum absolute atomic E-state index is 12.7. The summed E-state index contributed by atoms with van der Waals surface area (Å²) in [4.78, 5) is 26.8. The van der Waals surface area contributed by atoms with Crippen molar-refractivity contribution in [1.82, 2.24) is 5.43 Å². The third-order valence-electron chi connectivity index (χ3n) is 5.52. The van der Waals surface area contributed by atoms with E-state index in [2.05, 4.69) is 10.9 Å². The summed E-state index contributed by atoms with van der Waals surface area (Å²) < 4.78 is 11.6. The second-order valence-electron chi connectivity index (χ2n) is 8.01. The molecule has 4 rings (SSSR count).